The number of rotatable bonds is 3. The van der Waals surface area contributed by atoms with Gasteiger partial charge in [0.2, 0.25) is 5.95 Å². The molecule has 8 nitrogen and oxygen atoms in total. The molecule has 18 heavy (non-hydrogen) atoms. The normalized spacial score (nSPS) is 23.4. The van der Waals surface area contributed by atoms with Crippen molar-refractivity contribution in [1.82, 2.24) is 20.2 Å². The van der Waals surface area contributed by atoms with E-state index in [1.807, 2.05) is 6.92 Å². The Morgan fingerprint density at radius 1 is 1.50 bits per heavy atom. The minimum atomic E-state index is 0.163. The lowest BCUT2D eigenvalue weighted by Crippen LogP contribution is -2.27. The molecule has 96 valence electrons. The van der Waals surface area contributed by atoms with Gasteiger partial charge < -0.3 is 10.1 Å². The molecular weight excluding hydrogens is 234 g/mol. The maximum absolute atomic E-state index is 5.52. The maximum Gasteiger partial charge on any atom is 0.241 e. The number of nitrogen functional groups attached to an aromatic ring is 1. The van der Waals surface area contributed by atoms with Gasteiger partial charge in [-0.25, -0.2) is 5.84 Å². The lowest BCUT2D eigenvalue weighted by atomic mass is 10.1. The van der Waals surface area contributed by atoms with Gasteiger partial charge in [0, 0.05) is 6.61 Å². The summed E-state index contributed by atoms with van der Waals surface area (Å²) in [6.45, 7) is 2.81. The molecule has 0 amide bonds. The third kappa shape index (κ3) is 1.85. The van der Waals surface area contributed by atoms with Crippen molar-refractivity contribution >= 4 is 22.8 Å². The zero-order chi connectivity index (χ0) is 12.5. The first-order chi connectivity index (χ1) is 8.78. The van der Waals surface area contributed by atoms with Gasteiger partial charge in [0.1, 0.15) is 5.82 Å². The molecule has 2 aromatic heterocycles. The van der Waals surface area contributed by atoms with Crippen LogP contribution in [0.25, 0.3) is 11.0 Å². The van der Waals surface area contributed by atoms with E-state index in [4.69, 9.17) is 10.6 Å². The summed E-state index contributed by atoms with van der Waals surface area (Å²) in [6, 6.07) is 0.239. The summed E-state index contributed by atoms with van der Waals surface area (Å²) in [7, 11) is 0. The highest BCUT2D eigenvalue weighted by atomic mass is 16.5. The minimum absolute atomic E-state index is 0.163. The lowest BCUT2D eigenvalue weighted by Gasteiger charge is -2.17. The Morgan fingerprint density at radius 3 is 3.11 bits per heavy atom. The molecule has 1 aliphatic rings. The second-order valence-corrected chi connectivity index (χ2v) is 4.29. The van der Waals surface area contributed by atoms with Crippen LogP contribution >= 0.6 is 0 Å². The molecule has 0 spiro atoms. The Labute approximate surface area is 103 Å². The van der Waals surface area contributed by atoms with Crippen molar-refractivity contribution in [2.24, 2.45) is 5.84 Å². The van der Waals surface area contributed by atoms with E-state index in [0.29, 0.717) is 17.4 Å². The van der Waals surface area contributed by atoms with Gasteiger partial charge in [-0.15, -0.1) is 0 Å². The highest BCUT2D eigenvalue weighted by Gasteiger charge is 2.25. The van der Waals surface area contributed by atoms with Crippen molar-refractivity contribution in [2.75, 3.05) is 17.3 Å². The van der Waals surface area contributed by atoms with Crippen LogP contribution in [0, 0.1) is 0 Å². The number of hydrogen-bond donors (Lipinski definition) is 4. The molecule has 2 atom stereocenters. The number of hydrazine groups is 1. The molecule has 2 unspecified atom stereocenters. The molecule has 1 aliphatic heterocycles. The minimum Gasteiger partial charge on any atom is -0.376 e. The Bertz CT molecular complexity index is 554. The third-order valence-electron chi connectivity index (χ3n) is 3.14. The van der Waals surface area contributed by atoms with Crippen LogP contribution < -0.4 is 16.6 Å². The molecule has 0 aromatic carbocycles. The van der Waals surface area contributed by atoms with Crippen LogP contribution in [0.2, 0.25) is 0 Å². The number of anilines is 2. The molecule has 2 aromatic rings. The van der Waals surface area contributed by atoms with Gasteiger partial charge in [-0.05, 0) is 13.3 Å². The van der Waals surface area contributed by atoms with Crippen LogP contribution in [0.15, 0.2) is 6.20 Å². The van der Waals surface area contributed by atoms with Gasteiger partial charge in [0.15, 0.2) is 5.65 Å². The van der Waals surface area contributed by atoms with Gasteiger partial charge in [0.25, 0.3) is 0 Å². The summed E-state index contributed by atoms with van der Waals surface area (Å²) in [4.78, 5) is 8.49. The first kappa shape index (κ1) is 11.2. The van der Waals surface area contributed by atoms with Crippen LogP contribution in [-0.4, -0.2) is 38.9 Å². The van der Waals surface area contributed by atoms with E-state index < -0.39 is 0 Å². The molecule has 1 saturated heterocycles. The van der Waals surface area contributed by atoms with E-state index >= 15 is 0 Å². The molecule has 0 saturated carbocycles. The number of hydrogen-bond acceptors (Lipinski definition) is 7. The molecule has 1 fully saturated rings. The molecule has 0 bridgehead atoms. The van der Waals surface area contributed by atoms with Crippen molar-refractivity contribution in [1.29, 1.82) is 0 Å². The zero-order valence-electron chi connectivity index (χ0n) is 9.97. The highest BCUT2D eigenvalue weighted by Crippen LogP contribution is 2.23. The number of nitrogens with two attached hydrogens (primary N) is 1. The van der Waals surface area contributed by atoms with E-state index in [1.165, 1.54) is 0 Å². The van der Waals surface area contributed by atoms with Crippen molar-refractivity contribution in [3.63, 3.8) is 0 Å². The monoisotopic (exact) mass is 249 g/mol. The lowest BCUT2D eigenvalue weighted by molar-refractivity contribution is 0.121. The van der Waals surface area contributed by atoms with Crippen molar-refractivity contribution in [2.45, 2.75) is 25.5 Å². The summed E-state index contributed by atoms with van der Waals surface area (Å²) >= 11 is 0. The quantitative estimate of drug-likeness (QED) is 0.454. The van der Waals surface area contributed by atoms with Crippen LogP contribution in [0.3, 0.4) is 0 Å². The number of H-pyrrole nitrogens is 1. The third-order valence-corrected chi connectivity index (χ3v) is 3.14. The molecule has 0 aliphatic carbocycles. The maximum atomic E-state index is 5.52. The van der Waals surface area contributed by atoms with Gasteiger partial charge in [0.05, 0.1) is 23.7 Å². The Morgan fingerprint density at radius 2 is 2.39 bits per heavy atom. The first-order valence-electron chi connectivity index (χ1n) is 5.84. The van der Waals surface area contributed by atoms with Gasteiger partial charge in [-0.3, -0.25) is 10.5 Å². The van der Waals surface area contributed by atoms with E-state index in [-0.39, 0.29) is 12.1 Å². The first-order valence-corrected chi connectivity index (χ1v) is 5.84. The smallest absolute Gasteiger partial charge is 0.241 e. The molecular formula is C10H15N7O. The van der Waals surface area contributed by atoms with Crippen molar-refractivity contribution in [3.05, 3.63) is 6.20 Å². The van der Waals surface area contributed by atoms with E-state index in [1.54, 1.807) is 6.20 Å². The fourth-order valence-electron chi connectivity index (χ4n) is 2.11. The van der Waals surface area contributed by atoms with Gasteiger partial charge in [-0.2, -0.15) is 15.1 Å². The Hall–Kier alpha value is -1.93. The topological polar surface area (TPSA) is 114 Å². The van der Waals surface area contributed by atoms with Crippen molar-refractivity contribution in [3.8, 4) is 0 Å². The zero-order valence-corrected chi connectivity index (χ0v) is 9.97. The SMILES string of the molecule is CC1OCCC1Nc1nc(NN)nc2[nH]ncc12. The van der Waals surface area contributed by atoms with Gasteiger partial charge in [-0.1, -0.05) is 0 Å². The predicted molar refractivity (Wildman–Crippen MR) is 66.9 cm³/mol. The van der Waals surface area contributed by atoms with E-state index in [2.05, 4.69) is 30.9 Å². The van der Waals surface area contributed by atoms with Gasteiger partial charge >= 0.3 is 0 Å². The average molecular weight is 249 g/mol. The molecule has 3 rings (SSSR count). The number of nitrogens with one attached hydrogen (secondary N) is 3. The second-order valence-electron chi connectivity index (χ2n) is 4.29. The van der Waals surface area contributed by atoms with Crippen LogP contribution in [0.4, 0.5) is 11.8 Å². The summed E-state index contributed by atoms with van der Waals surface area (Å²) in [6.07, 6.45) is 2.81. The Kier molecular flexibility index (Phi) is 2.73. The van der Waals surface area contributed by atoms with E-state index in [9.17, 15) is 0 Å². The number of aromatic amines is 1. The average Bonchev–Trinajstić information content (AvgIpc) is 2.98. The predicted octanol–water partition coefficient (Wildman–Crippen LogP) is 0.228. The number of aromatic nitrogens is 4. The standard InChI is InChI=1S/C10H15N7O/c1-5-7(2-3-18-5)13-8-6-4-12-17-9(6)15-10(14-8)16-11/h4-5,7H,2-3,11H2,1H3,(H3,12,13,14,15,16,17). The van der Waals surface area contributed by atoms with Crippen LogP contribution in [0.1, 0.15) is 13.3 Å². The molecule has 3 heterocycles. The summed E-state index contributed by atoms with van der Waals surface area (Å²) in [5.41, 5.74) is 3.09. The highest BCUT2D eigenvalue weighted by molar-refractivity contribution is 5.87. The molecule has 5 N–H and O–H groups in total. The second kappa shape index (κ2) is 4.39. The summed E-state index contributed by atoms with van der Waals surface area (Å²) in [5, 5.41) is 11.0. The summed E-state index contributed by atoms with van der Waals surface area (Å²) < 4.78 is 5.52. The fourth-order valence-corrected chi connectivity index (χ4v) is 2.11. The number of ether oxygens (including phenoxy) is 1. The van der Waals surface area contributed by atoms with E-state index in [0.717, 1.165) is 18.4 Å². The summed E-state index contributed by atoms with van der Waals surface area (Å²) in [5.74, 6) is 6.41. The van der Waals surface area contributed by atoms with Crippen LogP contribution in [0.5, 0.6) is 0 Å². The van der Waals surface area contributed by atoms with Crippen LogP contribution in [-0.2, 0) is 4.74 Å². The molecule has 8 heteroatoms. The fraction of sp³-hybridized carbons (Fsp3) is 0.500. The van der Waals surface area contributed by atoms with Crippen molar-refractivity contribution < 1.29 is 4.74 Å². The number of fused-ring (bicyclic) bond motifs is 1. The number of nitrogens with zero attached hydrogens (tertiary/aromatic N) is 3. The molecule has 0 radical (unpaired) electrons. The largest absolute Gasteiger partial charge is 0.376 e. The Balaban J connectivity index is 1.96.